The number of carbonyl (C=O) groups is 1. The van der Waals surface area contributed by atoms with Crippen molar-refractivity contribution in [3.05, 3.63) is 100 Å². The van der Waals surface area contributed by atoms with E-state index in [0.717, 1.165) is 29.0 Å². The summed E-state index contributed by atoms with van der Waals surface area (Å²) in [5.41, 5.74) is 7.00. The van der Waals surface area contributed by atoms with Crippen LogP contribution in [0.1, 0.15) is 20.8 Å². The maximum Gasteiger partial charge on any atom is 0.211 e. The molecule has 0 aliphatic rings. The Morgan fingerprint density at radius 3 is 2.21 bits per heavy atom. The van der Waals surface area contributed by atoms with E-state index in [1.165, 1.54) is 42.5 Å². The van der Waals surface area contributed by atoms with Gasteiger partial charge in [-0.05, 0) is 55.5 Å². The predicted octanol–water partition coefficient (Wildman–Crippen LogP) is 5.72. The van der Waals surface area contributed by atoms with Crippen LogP contribution < -0.4 is 11.1 Å². The van der Waals surface area contributed by atoms with Gasteiger partial charge in [0.05, 0.1) is 16.3 Å². The lowest BCUT2D eigenvalue weighted by molar-refractivity contribution is 0.104. The fraction of sp³-hybridized carbons (Fsp3) is 0.0417. The van der Waals surface area contributed by atoms with Crippen LogP contribution in [0, 0.1) is 18.6 Å². The number of nitrogens with two attached hydrogens (primary N) is 1. The molecular formula is C24H18F2N2O3S2. The Morgan fingerprint density at radius 2 is 1.58 bits per heavy atom. The van der Waals surface area contributed by atoms with Gasteiger partial charge in [-0.25, -0.2) is 17.2 Å². The number of anilines is 3. The van der Waals surface area contributed by atoms with Gasteiger partial charge in [-0.2, -0.15) is 0 Å². The van der Waals surface area contributed by atoms with E-state index >= 15 is 0 Å². The highest BCUT2D eigenvalue weighted by Gasteiger charge is 2.32. The van der Waals surface area contributed by atoms with Crippen LogP contribution in [-0.4, -0.2) is 14.2 Å². The van der Waals surface area contributed by atoms with Crippen molar-refractivity contribution in [1.82, 2.24) is 0 Å². The van der Waals surface area contributed by atoms with E-state index in [1.54, 1.807) is 18.2 Å². The summed E-state index contributed by atoms with van der Waals surface area (Å²) in [6.07, 6.45) is 0. The van der Waals surface area contributed by atoms with Gasteiger partial charge in [0.2, 0.25) is 15.6 Å². The highest BCUT2D eigenvalue weighted by molar-refractivity contribution is 7.92. The van der Waals surface area contributed by atoms with Gasteiger partial charge < -0.3 is 11.1 Å². The Hall–Kier alpha value is -3.56. The first-order chi connectivity index (χ1) is 15.7. The maximum atomic E-state index is 14.3. The van der Waals surface area contributed by atoms with E-state index in [2.05, 4.69) is 5.32 Å². The summed E-state index contributed by atoms with van der Waals surface area (Å²) in [5, 5.41) is 2.78. The maximum absolute atomic E-state index is 14.3. The summed E-state index contributed by atoms with van der Waals surface area (Å²) in [6.45, 7) is 1.82. The lowest BCUT2D eigenvalue weighted by Gasteiger charge is -2.10. The highest BCUT2D eigenvalue weighted by Crippen LogP contribution is 2.44. The molecule has 3 N–H and O–H groups in total. The summed E-state index contributed by atoms with van der Waals surface area (Å²) in [7, 11) is -4.16. The average molecular weight is 485 g/mol. The molecule has 5 nitrogen and oxygen atoms in total. The Balaban J connectivity index is 1.89. The molecule has 0 unspecified atom stereocenters. The number of nitrogen functional groups attached to an aromatic ring is 1. The molecule has 0 saturated carbocycles. The Kier molecular flexibility index (Phi) is 6.01. The van der Waals surface area contributed by atoms with Gasteiger partial charge in [-0.15, -0.1) is 11.3 Å². The summed E-state index contributed by atoms with van der Waals surface area (Å²) >= 11 is 0.796. The lowest BCUT2D eigenvalue weighted by Crippen LogP contribution is -2.08. The minimum absolute atomic E-state index is 0.00337. The van der Waals surface area contributed by atoms with E-state index in [9.17, 15) is 22.0 Å². The fourth-order valence-electron chi connectivity index (χ4n) is 3.20. The van der Waals surface area contributed by atoms with Gasteiger partial charge in [0.15, 0.2) is 0 Å². The largest absolute Gasteiger partial charge is 0.396 e. The quantitative estimate of drug-likeness (QED) is 0.342. The second-order valence-electron chi connectivity index (χ2n) is 7.26. The number of hydrogen-bond donors (Lipinski definition) is 2. The summed E-state index contributed by atoms with van der Waals surface area (Å²) in [4.78, 5) is 12.7. The number of sulfone groups is 1. The number of hydrogen-bond acceptors (Lipinski definition) is 6. The Bertz CT molecular complexity index is 1450. The standard InChI is InChI=1S/C24H18F2N2O3S2/c1-14-6-12-17(13-7-14)33(30,31)23-20(27)22(21(29)15-8-10-16(25)11-9-15)32-24(23)28-19-5-3-2-4-18(19)26/h2-13,28H,27H2,1H3. The molecule has 0 aliphatic carbocycles. The second kappa shape index (κ2) is 8.76. The second-order valence-corrected chi connectivity index (χ2v) is 10.2. The summed E-state index contributed by atoms with van der Waals surface area (Å²) in [6, 6.07) is 16.7. The SMILES string of the molecule is Cc1ccc(S(=O)(=O)c2c(Nc3ccccc3F)sc(C(=O)c3ccc(F)cc3)c2N)cc1. The van der Waals surface area contributed by atoms with Crippen LogP contribution in [0.5, 0.6) is 0 Å². The zero-order chi connectivity index (χ0) is 23.8. The number of ketones is 1. The van der Waals surface area contributed by atoms with Gasteiger partial charge in [-0.1, -0.05) is 29.8 Å². The van der Waals surface area contributed by atoms with Crippen molar-refractivity contribution in [3.8, 4) is 0 Å². The Morgan fingerprint density at radius 1 is 0.939 bits per heavy atom. The molecule has 4 aromatic rings. The molecule has 4 rings (SSSR count). The minimum Gasteiger partial charge on any atom is -0.396 e. The molecular weight excluding hydrogens is 466 g/mol. The number of carbonyl (C=O) groups excluding carboxylic acids is 1. The van der Waals surface area contributed by atoms with Gasteiger partial charge in [0.25, 0.3) is 0 Å². The van der Waals surface area contributed by atoms with Crippen LogP contribution in [-0.2, 0) is 9.84 Å². The first-order valence-electron chi connectivity index (χ1n) is 9.74. The number of benzene rings is 3. The fourth-order valence-corrected chi connectivity index (χ4v) is 6.12. The van der Waals surface area contributed by atoms with Crippen LogP contribution in [0.25, 0.3) is 0 Å². The third-order valence-electron chi connectivity index (χ3n) is 4.93. The van der Waals surface area contributed by atoms with Crippen molar-refractivity contribution in [2.24, 2.45) is 0 Å². The first kappa shape index (κ1) is 22.6. The zero-order valence-corrected chi connectivity index (χ0v) is 18.9. The monoisotopic (exact) mass is 484 g/mol. The van der Waals surface area contributed by atoms with Crippen molar-refractivity contribution in [3.63, 3.8) is 0 Å². The summed E-state index contributed by atoms with van der Waals surface area (Å²) in [5.74, 6) is -1.69. The van der Waals surface area contributed by atoms with Crippen molar-refractivity contribution < 1.29 is 22.0 Å². The molecule has 0 aliphatic heterocycles. The smallest absolute Gasteiger partial charge is 0.211 e. The van der Waals surface area contributed by atoms with Crippen molar-refractivity contribution in [2.75, 3.05) is 11.1 Å². The van der Waals surface area contributed by atoms with E-state index in [4.69, 9.17) is 5.73 Å². The van der Waals surface area contributed by atoms with Crippen LogP contribution in [0.15, 0.2) is 82.6 Å². The van der Waals surface area contributed by atoms with Crippen molar-refractivity contribution in [2.45, 2.75) is 16.7 Å². The van der Waals surface area contributed by atoms with Gasteiger partial charge in [0.1, 0.15) is 26.4 Å². The van der Waals surface area contributed by atoms with Gasteiger partial charge in [0, 0.05) is 5.56 Å². The molecule has 0 atom stereocenters. The molecule has 168 valence electrons. The number of nitrogens with one attached hydrogen (secondary N) is 1. The summed E-state index contributed by atoms with van der Waals surface area (Å²) < 4.78 is 54.6. The van der Waals surface area contributed by atoms with Crippen LogP contribution in [0.4, 0.5) is 25.2 Å². The lowest BCUT2D eigenvalue weighted by atomic mass is 10.1. The van der Waals surface area contributed by atoms with E-state index < -0.39 is 27.3 Å². The number of aryl methyl sites for hydroxylation is 1. The third kappa shape index (κ3) is 4.37. The Labute approximate surface area is 193 Å². The predicted molar refractivity (Wildman–Crippen MR) is 125 cm³/mol. The van der Waals surface area contributed by atoms with Crippen molar-refractivity contribution >= 4 is 43.3 Å². The van der Waals surface area contributed by atoms with Crippen molar-refractivity contribution in [1.29, 1.82) is 0 Å². The number of thiophene rings is 1. The number of halogens is 2. The van der Waals surface area contributed by atoms with Gasteiger partial charge in [-0.3, -0.25) is 4.79 Å². The van der Waals surface area contributed by atoms with Crippen LogP contribution >= 0.6 is 11.3 Å². The molecule has 1 aromatic heterocycles. The molecule has 0 radical (unpaired) electrons. The minimum atomic E-state index is -4.16. The number of rotatable bonds is 6. The average Bonchev–Trinajstić information content (AvgIpc) is 3.12. The first-order valence-corrected chi connectivity index (χ1v) is 12.0. The molecule has 0 amide bonds. The number of para-hydroxylation sites is 1. The molecule has 9 heteroatoms. The molecule has 33 heavy (non-hydrogen) atoms. The molecule has 0 spiro atoms. The molecule has 0 fully saturated rings. The van der Waals surface area contributed by atoms with E-state index in [1.807, 2.05) is 6.92 Å². The molecule has 1 heterocycles. The third-order valence-corrected chi connectivity index (χ3v) is 8.04. The zero-order valence-electron chi connectivity index (χ0n) is 17.3. The van der Waals surface area contributed by atoms with Gasteiger partial charge >= 0.3 is 0 Å². The highest BCUT2D eigenvalue weighted by atomic mass is 32.2. The molecule has 0 saturated heterocycles. The normalized spacial score (nSPS) is 11.4. The van der Waals surface area contributed by atoms with Crippen LogP contribution in [0.2, 0.25) is 0 Å². The molecule has 0 bridgehead atoms. The molecule has 3 aromatic carbocycles. The van der Waals surface area contributed by atoms with E-state index in [0.29, 0.717) is 0 Å². The topological polar surface area (TPSA) is 89.3 Å². The van der Waals surface area contributed by atoms with E-state index in [-0.39, 0.29) is 36.6 Å². The van der Waals surface area contributed by atoms with Crippen LogP contribution in [0.3, 0.4) is 0 Å².